The Bertz CT molecular complexity index is 687. The summed E-state index contributed by atoms with van der Waals surface area (Å²) in [7, 11) is 0. The molecule has 0 aliphatic heterocycles. The normalized spacial score (nSPS) is 12.5. The fourth-order valence-electron chi connectivity index (χ4n) is 2.41. The second kappa shape index (κ2) is 5.75. The smallest absolute Gasteiger partial charge is 0.225 e. The van der Waals surface area contributed by atoms with Crippen molar-refractivity contribution in [2.75, 3.05) is 0 Å². The van der Waals surface area contributed by atoms with Crippen molar-refractivity contribution in [1.29, 1.82) is 0 Å². The van der Waals surface area contributed by atoms with Crippen molar-refractivity contribution in [2.24, 2.45) is 5.41 Å². The van der Waals surface area contributed by atoms with Gasteiger partial charge in [-0.05, 0) is 27.3 Å². The Morgan fingerprint density at radius 3 is 2.27 bits per heavy atom. The first-order chi connectivity index (χ1) is 10.1. The van der Waals surface area contributed by atoms with Gasteiger partial charge in [0.05, 0.1) is 0 Å². The minimum atomic E-state index is -0.357. The van der Waals surface area contributed by atoms with Gasteiger partial charge in [-0.25, -0.2) is 0 Å². The summed E-state index contributed by atoms with van der Waals surface area (Å²) in [5.41, 5.74) is 2.28. The van der Waals surface area contributed by atoms with Gasteiger partial charge in [-0.3, -0.25) is 4.79 Å². The highest BCUT2D eigenvalue weighted by Gasteiger charge is 2.21. The summed E-state index contributed by atoms with van der Waals surface area (Å²) >= 11 is 0. The van der Waals surface area contributed by atoms with Crippen LogP contribution in [0.5, 0.6) is 0 Å². The molecule has 22 heavy (non-hydrogen) atoms. The first-order valence-corrected chi connectivity index (χ1v) is 7.89. The van der Waals surface area contributed by atoms with Crippen LogP contribution in [0, 0.1) is 5.41 Å². The number of rotatable bonds is 2. The molecule has 118 valence electrons. The van der Waals surface area contributed by atoms with Crippen LogP contribution in [0.15, 0.2) is 36.4 Å². The third-order valence-corrected chi connectivity index (χ3v) is 3.96. The minimum absolute atomic E-state index is 0.0795. The number of hydrogen-bond donors (Lipinski definition) is 1. The predicted molar refractivity (Wildman–Crippen MR) is 93.9 cm³/mol. The lowest BCUT2D eigenvalue weighted by Gasteiger charge is -2.21. The standard InChI is InChI=1S/C20H27NO/c1-19(2,3)16-10-11-17-14(12-16)8-7-9-15(17)13-21-18(22)20(4,5)6/h7-12H,13H2,1-6H3,(H,21,22). The van der Waals surface area contributed by atoms with Crippen LogP contribution in [0.2, 0.25) is 0 Å². The molecule has 0 spiro atoms. The molecule has 0 atom stereocenters. The molecule has 2 aromatic rings. The summed E-state index contributed by atoms with van der Waals surface area (Å²) < 4.78 is 0. The van der Waals surface area contributed by atoms with Gasteiger partial charge >= 0.3 is 0 Å². The molecular formula is C20H27NO. The number of amides is 1. The fraction of sp³-hybridized carbons (Fsp3) is 0.450. The average molecular weight is 297 g/mol. The van der Waals surface area contributed by atoms with Crippen LogP contribution >= 0.6 is 0 Å². The van der Waals surface area contributed by atoms with Crippen molar-refractivity contribution in [1.82, 2.24) is 5.32 Å². The Hall–Kier alpha value is -1.83. The second-order valence-electron chi connectivity index (χ2n) is 8.04. The van der Waals surface area contributed by atoms with Crippen LogP contribution in [-0.2, 0) is 16.8 Å². The highest BCUT2D eigenvalue weighted by atomic mass is 16.2. The van der Waals surface area contributed by atoms with Crippen molar-refractivity contribution >= 4 is 16.7 Å². The first kappa shape index (κ1) is 16.5. The van der Waals surface area contributed by atoms with E-state index in [2.05, 4.69) is 62.5 Å². The predicted octanol–water partition coefficient (Wildman–Crippen LogP) is 4.80. The molecule has 2 heteroatoms. The van der Waals surface area contributed by atoms with E-state index < -0.39 is 0 Å². The van der Waals surface area contributed by atoms with Gasteiger partial charge in [-0.15, -0.1) is 0 Å². The molecule has 0 radical (unpaired) electrons. The number of carbonyl (C=O) groups excluding carboxylic acids is 1. The maximum atomic E-state index is 12.0. The van der Waals surface area contributed by atoms with Crippen LogP contribution in [0.4, 0.5) is 0 Å². The molecule has 0 saturated carbocycles. The molecule has 0 aliphatic rings. The zero-order valence-corrected chi connectivity index (χ0v) is 14.6. The molecule has 0 aromatic heterocycles. The third-order valence-electron chi connectivity index (χ3n) is 3.96. The molecule has 0 heterocycles. The van der Waals surface area contributed by atoms with E-state index in [4.69, 9.17) is 0 Å². The number of benzene rings is 2. The molecule has 2 rings (SSSR count). The summed E-state index contributed by atoms with van der Waals surface area (Å²) in [5, 5.41) is 5.48. The van der Waals surface area contributed by atoms with Crippen LogP contribution in [0.25, 0.3) is 10.8 Å². The Balaban J connectivity index is 2.30. The van der Waals surface area contributed by atoms with Crippen molar-refractivity contribution in [3.63, 3.8) is 0 Å². The highest BCUT2D eigenvalue weighted by Crippen LogP contribution is 2.27. The van der Waals surface area contributed by atoms with Gasteiger partial charge in [-0.1, -0.05) is 77.9 Å². The van der Waals surface area contributed by atoms with Gasteiger partial charge < -0.3 is 5.32 Å². The van der Waals surface area contributed by atoms with Gasteiger partial charge in [0.15, 0.2) is 0 Å². The quantitative estimate of drug-likeness (QED) is 0.847. The van der Waals surface area contributed by atoms with E-state index in [9.17, 15) is 4.79 Å². The molecule has 0 bridgehead atoms. The lowest BCUT2D eigenvalue weighted by Crippen LogP contribution is -2.34. The lowest BCUT2D eigenvalue weighted by molar-refractivity contribution is -0.128. The maximum Gasteiger partial charge on any atom is 0.225 e. The van der Waals surface area contributed by atoms with E-state index in [0.29, 0.717) is 6.54 Å². The van der Waals surface area contributed by atoms with Crippen molar-refractivity contribution in [3.05, 3.63) is 47.5 Å². The summed E-state index contributed by atoms with van der Waals surface area (Å²) in [6.45, 7) is 13.0. The van der Waals surface area contributed by atoms with E-state index >= 15 is 0 Å². The van der Waals surface area contributed by atoms with Crippen LogP contribution < -0.4 is 5.32 Å². The van der Waals surface area contributed by atoms with E-state index in [0.717, 1.165) is 5.56 Å². The monoisotopic (exact) mass is 297 g/mol. The molecule has 1 amide bonds. The minimum Gasteiger partial charge on any atom is -0.352 e. The molecule has 2 nitrogen and oxygen atoms in total. The van der Waals surface area contributed by atoms with Gasteiger partial charge in [-0.2, -0.15) is 0 Å². The number of carbonyl (C=O) groups is 1. The van der Waals surface area contributed by atoms with E-state index in [1.807, 2.05) is 20.8 Å². The zero-order valence-electron chi connectivity index (χ0n) is 14.6. The number of nitrogens with one attached hydrogen (secondary N) is 1. The third kappa shape index (κ3) is 3.68. The fourth-order valence-corrected chi connectivity index (χ4v) is 2.41. The Labute approximate surface area is 133 Å². The molecule has 1 N–H and O–H groups in total. The molecule has 0 unspecified atom stereocenters. The Morgan fingerprint density at radius 1 is 1.00 bits per heavy atom. The maximum absolute atomic E-state index is 12.0. The Kier molecular flexibility index (Phi) is 4.32. The summed E-state index contributed by atoms with van der Waals surface area (Å²) in [4.78, 5) is 12.0. The number of fused-ring (bicyclic) bond motifs is 1. The molecule has 2 aromatic carbocycles. The Morgan fingerprint density at radius 2 is 1.68 bits per heavy atom. The molecular weight excluding hydrogens is 270 g/mol. The molecule has 0 fully saturated rings. The largest absolute Gasteiger partial charge is 0.352 e. The van der Waals surface area contributed by atoms with Crippen molar-refractivity contribution in [2.45, 2.75) is 53.5 Å². The van der Waals surface area contributed by atoms with E-state index in [-0.39, 0.29) is 16.7 Å². The van der Waals surface area contributed by atoms with Gasteiger partial charge in [0.2, 0.25) is 5.91 Å². The van der Waals surface area contributed by atoms with Crippen molar-refractivity contribution in [3.8, 4) is 0 Å². The van der Waals surface area contributed by atoms with Gasteiger partial charge in [0.25, 0.3) is 0 Å². The van der Waals surface area contributed by atoms with Crippen LogP contribution in [-0.4, -0.2) is 5.91 Å². The van der Waals surface area contributed by atoms with Crippen LogP contribution in [0.3, 0.4) is 0 Å². The average Bonchev–Trinajstić information content (AvgIpc) is 2.42. The summed E-state index contributed by atoms with van der Waals surface area (Å²) in [6.07, 6.45) is 0. The molecule has 0 saturated heterocycles. The topological polar surface area (TPSA) is 29.1 Å². The SMILES string of the molecule is CC(C)(C)C(=O)NCc1cccc2cc(C(C)(C)C)ccc12. The second-order valence-corrected chi connectivity index (χ2v) is 8.04. The lowest BCUT2D eigenvalue weighted by atomic mass is 9.85. The van der Waals surface area contributed by atoms with Crippen molar-refractivity contribution < 1.29 is 4.79 Å². The van der Waals surface area contributed by atoms with Gasteiger partial charge in [0, 0.05) is 12.0 Å². The van der Waals surface area contributed by atoms with E-state index in [1.54, 1.807) is 0 Å². The van der Waals surface area contributed by atoms with Gasteiger partial charge in [0.1, 0.15) is 0 Å². The highest BCUT2D eigenvalue weighted by molar-refractivity contribution is 5.87. The zero-order chi connectivity index (χ0) is 16.5. The summed E-state index contributed by atoms with van der Waals surface area (Å²) in [5.74, 6) is 0.0795. The first-order valence-electron chi connectivity index (χ1n) is 7.89. The number of hydrogen-bond acceptors (Lipinski definition) is 1. The summed E-state index contributed by atoms with van der Waals surface area (Å²) in [6, 6.07) is 12.9. The van der Waals surface area contributed by atoms with Crippen LogP contribution in [0.1, 0.15) is 52.7 Å². The van der Waals surface area contributed by atoms with E-state index in [1.165, 1.54) is 16.3 Å². The molecule has 0 aliphatic carbocycles.